The van der Waals surface area contributed by atoms with E-state index in [0.717, 1.165) is 29.7 Å². The topological polar surface area (TPSA) is 77.7 Å². The monoisotopic (exact) mass is 421 g/mol. The van der Waals surface area contributed by atoms with Gasteiger partial charge in [-0.1, -0.05) is 47.6 Å². The van der Waals surface area contributed by atoms with Crippen molar-refractivity contribution in [1.82, 2.24) is 15.0 Å². The van der Waals surface area contributed by atoms with Crippen LogP contribution >= 0.6 is 0 Å². The van der Waals surface area contributed by atoms with Crippen molar-refractivity contribution in [2.24, 2.45) is 0 Å². The highest BCUT2D eigenvalue weighted by Gasteiger charge is 2.33. The van der Waals surface area contributed by atoms with E-state index >= 15 is 0 Å². The second-order valence-corrected chi connectivity index (χ2v) is 7.61. The van der Waals surface area contributed by atoms with Crippen molar-refractivity contribution in [2.45, 2.75) is 38.3 Å². The fraction of sp³-hybridized carbons (Fsp3) is 0.375. The molecule has 0 N–H and O–H groups in total. The molecule has 1 saturated heterocycles. The predicted molar refractivity (Wildman–Crippen MR) is 114 cm³/mol. The Balaban J connectivity index is 1.31. The number of likely N-dealkylation sites (tertiary alicyclic amines) is 1. The normalized spacial score (nSPS) is 15.9. The zero-order chi connectivity index (χ0) is 21.5. The van der Waals surface area contributed by atoms with Crippen LogP contribution < -0.4 is 4.74 Å². The quantitative estimate of drug-likeness (QED) is 0.490. The molecule has 0 saturated carbocycles. The van der Waals surface area contributed by atoms with Crippen molar-refractivity contribution in [3.63, 3.8) is 0 Å². The van der Waals surface area contributed by atoms with Gasteiger partial charge in [0, 0.05) is 13.0 Å². The van der Waals surface area contributed by atoms with E-state index in [0.29, 0.717) is 44.3 Å². The minimum absolute atomic E-state index is 0.0571. The molecule has 7 heteroatoms. The van der Waals surface area contributed by atoms with Crippen LogP contribution in [0.4, 0.5) is 0 Å². The number of ether oxygens (including phenoxy) is 2. The Hall–Kier alpha value is -3.19. The Morgan fingerprint density at radius 3 is 2.84 bits per heavy atom. The largest absolute Gasteiger partial charge is 0.497 e. The number of methoxy groups -OCH3 is 1. The summed E-state index contributed by atoms with van der Waals surface area (Å²) >= 11 is 0. The zero-order valence-electron chi connectivity index (χ0n) is 17.7. The summed E-state index contributed by atoms with van der Waals surface area (Å²) in [5.74, 6) is 1.92. The van der Waals surface area contributed by atoms with Gasteiger partial charge in [-0.25, -0.2) is 0 Å². The molecule has 2 aromatic carbocycles. The zero-order valence-corrected chi connectivity index (χ0v) is 17.7. The van der Waals surface area contributed by atoms with E-state index in [2.05, 4.69) is 10.1 Å². The Kier molecular flexibility index (Phi) is 6.94. The second kappa shape index (κ2) is 10.2. The third kappa shape index (κ3) is 5.49. The van der Waals surface area contributed by atoms with E-state index in [1.165, 1.54) is 0 Å². The van der Waals surface area contributed by atoms with Crippen LogP contribution in [0.2, 0.25) is 0 Å². The lowest BCUT2D eigenvalue weighted by molar-refractivity contribution is -0.131. The number of benzene rings is 2. The second-order valence-electron chi connectivity index (χ2n) is 7.61. The lowest BCUT2D eigenvalue weighted by atomic mass is 10.1. The van der Waals surface area contributed by atoms with E-state index in [1.807, 2.05) is 59.5 Å². The first kappa shape index (κ1) is 21.1. The van der Waals surface area contributed by atoms with Crippen molar-refractivity contribution < 1.29 is 18.8 Å². The van der Waals surface area contributed by atoms with E-state index in [9.17, 15) is 4.79 Å². The van der Waals surface area contributed by atoms with Crippen LogP contribution in [0, 0.1) is 0 Å². The Morgan fingerprint density at radius 2 is 2.00 bits per heavy atom. The highest BCUT2D eigenvalue weighted by atomic mass is 16.5. The van der Waals surface area contributed by atoms with Gasteiger partial charge in [-0.2, -0.15) is 4.98 Å². The van der Waals surface area contributed by atoms with Gasteiger partial charge in [0.25, 0.3) is 0 Å². The number of carbonyl (C=O) groups excluding carboxylic acids is 1. The van der Waals surface area contributed by atoms with E-state index < -0.39 is 0 Å². The average molecular weight is 421 g/mol. The third-order valence-electron chi connectivity index (χ3n) is 5.41. The summed E-state index contributed by atoms with van der Waals surface area (Å²) < 4.78 is 16.5. The number of aromatic nitrogens is 2. The van der Waals surface area contributed by atoms with Crippen LogP contribution in [0.5, 0.6) is 5.75 Å². The molecule has 0 spiro atoms. The molecule has 162 valence electrons. The summed E-state index contributed by atoms with van der Waals surface area (Å²) in [5, 5.41) is 4.09. The Morgan fingerprint density at radius 1 is 1.16 bits per heavy atom. The first-order valence-electron chi connectivity index (χ1n) is 10.6. The van der Waals surface area contributed by atoms with Crippen molar-refractivity contribution in [2.75, 3.05) is 20.3 Å². The first-order valence-corrected chi connectivity index (χ1v) is 10.6. The Bertz CT molecular complexity index is 989. The van der Waals surface area contributed by atoms with Gasteiger partial charge in [-0.15, -0.1) is 0 Å². The van der Waals surface area contributed by atoms with Gasteiger partial charge in [0.2, 0.25) is 11.8 Å². The van der Waals surface area contributed by atoms with Crippen molar-refractivity contribution >= 4 is 5.91 Å². The fourth-order valence-electron chi connectivity index (χ4n) is 3.81. The lowest BCUT2D eigenvalue weighted by Gasteiger charge is -2.22. The lowest BCUT2D eigenvalue weighted by Crippen LogP contribution is -2.32. The number of nitrogens with zero attached hydrogens (tertiary/aromatic N) is 3. The standard InChI is InChI=1S/C24H27N3O4/c1-29-20-10-5-9-19(15-20)16-23(28)27-13-6-11-21(27)24-25-22(26-31-24)12-14-30-17-18-7-3-2-4-8-18/h2-5,7-10,15,21H,6,11-14,16-17H2,1H3. The molecular formula is C24H27N3O4. The molecule has 4 rings (SSSR count). The summed E-state index contributed by atoms with van der Waals surface area (Å²) in [7, 11) is 1.62. The average Bonchev–Trinajstić information content (AvgIpc) is 3.47. The number of rotatable bonds is 9. The molecule has 1 aliphatic heterocycles. The maximum Gasteiger partial charge on any atom is 0.249 e. The molecule has 2 heterocycles. The molecular weight excluding hydrogens is 394 g/mol. The SMILES string of the molecule is COc1cccc(CC(=O)N2CCCC2c2nc(CCOCc3ccccc3)no2)c1. The summed E-state index contributed by atoms with van der Waals surface area (Å²) in [6.45, 7) is 1.77. The molecule has 0 bridgehead atoms. The predicted octanol–water partition coefficient (Wildman–Crippen LogP) is 3.74. The van der Waals surface area contributed by atoms with Gasteiger partial charge in [0.05, 0.1) is 26.7 Å². The molecule has 0 radical (unpaired) electrons. The van der Waals surface area contributed by atoms with Crippen LogP contribution in [0.25, 0.3) is 0 Å². The molecule has 0 aliphatic carbocycles. The highest BCUT2D eigenvalue weighted by Crippen LogP contribution is 2.31. The number of carbonyl (C=O) groups is 1. The first-order chi connectivity index (χ1) is 15.2. The van der Waals surface area contributed by atoms with Crippen molar-refractivity contribution in [1.29, 1.82) is 0 Å². The summed E-state index contributed by atoms with van der Waals surface area (Å²) in [5.41, 5.74) is 2.06. The molecule has 3 aromatic rings. The van der Waals surface area contributed by atoms with Gasteiger partial charge in [-0.3, -0.25) is 4.79 Å². The van der Waals surface area contributed by atoms with Crippen molar-refractivity contribution in [3.8, 4) is 5.75 Å². The van der Waals surface area contributed by atoms with E-state index in [4.69, 9.17) is 14.0 Å². The van der Waals surface area contributed by atoms with Crippen LogP contribution in [0.15, 0.2) is 59.1 Å². The van der Waals surface area contributed by atoms with Crippen LogP contribution in [-0.4, -0.2) is 41.2 Å². The summed E-state index contributed by atoms with van der Waals surface area (Å²) in [6.07, 6.45) is 2.64. The molecule has 1 fully saturated rings. The maximum absolute atomic E-state index is 12.9. The molecule has 1 amide bonds. The molecule has 31 heavy (non-hydrogen) atoms. The van der Waals surface area contributed by atoms with E-state index in [1.54, 1.807) is 7.11 Å². The third-order valence-corrected chi connectivity index (χ3v) is 5.41. The fourth-order valence-corrected chi connectivity index (χ4v) is 3.81. The highest BCUT2D eigenvalue weighted by molar-refractivity contribution is 5.79. The van der Waals surface area contributed by atoms with Crippen molar-refractivity contribution in [3.05, 3.63) is 77.4 Å². The van der Waals surface area contributed by atoms with Crippen LogP contribution in [-0.2, 0) is 29.0 Å². The van der Waals surface area contributed by atoms with E-state index in [-0.39, 0.29) is 11.9 Å². The molecule has 1 aromatic heterocycles. The smallest absolute Gasteiger partial charge is 0.249 e. The summed E-state index contributed by atoms with van der Waals surface area (Å²) in [6, 6.07) is 17.5. The molecule has 1 unspecified atom stereocenters. The number of hydrogen-bond acceptors (Lipinski definition) is 6. The van der Waals surface area contributed by atoms with Gasteiger partial charge >= 0.3 is 0 Å². The van der Waals surface area contributed by atoms with Gasteiger partial charge in [0.1, 0.15) is 11.8 Å². The Labute approximate surface area is 182 Å². The molecule has 1 aliphatic rings. The minimum Gasteiger partial charge on any atom is -0.497 e. The number of amides is 1. The molecule has 1 atom stereocenters. The summed E-state index contributed by atoms with van der Waals surface area (Å²) in [4.78, 5) is 19.3. The van der Waals surface area contributed by atoms with Gasteiger partial charge in [-0.05, 0) is 36.1 Å². The van der Waals surface area contributed by atoms with Crippen LogP contribution in [0.1, 0.15) is 41.7 Å². The number of hydrogen-bond donors (Lipinski definition) is 0. The maximum atomic E-state index is 12.9. The minimum atomic E-state index is -0.162. The van der Waals surface area contributed by atoms with Gasteiger partial charge < -0.3 is 18.9 Å². The van der Waals surface area contributed by atoms with Gasteiger partial charge in [0.15, 0.2) is 5.82 Å². The molecule has 7 nitrogen and oxygen atoms in total. The van der Waals surface area contributed by atoms with Crippen LogP contribution in [0.3, 0.4) is 0 Å².